The van der Waals surface area contributed by atoms with E-state index >= 15 is 0 Å². The zero-order valence-corrected chi connectivity index (χ0v) is 26.1. The summed E-state index contributed by atoms with van der Waals surface area (Å²) in [4.78, 5) is 49.8. The van der Waals surface area contributed by atoms with E-state index in [4.69, 9.17) is 10.6 Å². The Kier molecular flexibility index (Phi) is 8.42. The molecule has 0 aliphatic carbocycles. The number of nitrogens with zero attached hydrogens (tertiary/aromatic N) is 4. The van der Waals surface area contributed by atoms with Gasteiger partial charge in [-0.2, -0.15) is 0 Å². The number of nitrogen functional groups attached to an aromatic ring is 1. The van der Waals surface area contributed by atoms with Gasteiger partial charge in [0, 0.05) is 0 Å². The molecule has 45 heavy (non-hydrogen) atoms. The van der Waals surface area contributed by atoms with E-state index in [0.29, 0.717) is 24.6 Å². The second-order valence-electron chi connectivity index (χ2n) is 10.8. The number of aliphatic carboxylic acids is 1. The Balaban J connectivity index is 1.37. The van der Waals surface area contributed by atoms with Crippen LogP contribution in [0.1, 0.15) is 18.7 Å². The average Bonchev–Trinajstić information content (AvgIpc) is 3.51. The zero-order valence-electron chi connectivity index (χ0n) is 24.3. The molecule has 4 aromatic rings. The van der Waals surface area contributed by atoms with E-state index in [1.54, 1.807) is 0 Å². The summed E-state index contributed by atoms with van der Waals surface area (Å²) >= 11 is 0.894. The molecule has 0 saturated carbocycles. The molecule has 4 N–H and O–H groups in total. The van der Waals surface area contributed by atoms with Crippen molar-refractivity contribution in [2.75, 3.05) is 19.0 Å². The van der Waals surface area contributed by atoms with Gasteiger partial charge in [0.1, 0.15) is 0 Å². The number of benzene rings is 3. The molecule has 1 fully saturated rings. The van der Waals surface area contributed by atoms with Crippen LogP contribution in [0.4, 0.5) is 5.13 Å². The average molecular weight is 643 g/mol. The summed E-state index contributed by atoms with van der Waals surface area (Å²) in [7, 11) is -1.56. The van der Waals surface area contributed by atoms with E-state index in [2.05, 4.69) is 56.2 Å². The summed E-state index contributed by atoms with van der Waals surface area (Å²) < 4.78 is 4.02. The molecule has 1 aromatic heterocycles. The van der Waals surface area contributed by atoms with Gasteiger partial charge in [0.25, 0.3) is 0 Å². The number of aromatic nitrogens is 2. The van der Waals surface area contributed by atoms with Gasteiger partial charge < -0.3 is 5.73 Å². The minimum absolute atomic E-state index is 0.0128. The Labute approximate surface area is 263 Å². The van der Waals surface area contributed by atoms with Crippen LogP contribution in [0.3, 0.4) is 0 Å². The molecule has 13 heteroatoms. The molecule has 0 spiro atoms. The number of carboxylic acid groups (broad SMARTS) is 1. The number of anilines is 1. The summed E-state index contributed by atoms with van der Waals surface area (Å²) in [5, 5.41) is 20.5. The molecular weight excluding hydrogens is 611 g/mol. The van der Waals surface area contributed by atoms with Crippen molar-refractivity contribution in [2.24, 2.45) is 5.16 Å². The molecule has 3 aromatic carbocycles. The van der Waals surface area contributed by atoms with Gasteiger partial charge in [-0.25, -0.2) is 0 Å². The Morgan fingerprint density at radius 2 is 1.58 bits per heavy atom. The van der Waals surface area contributed by atoms with Gasteiger partial charge in [0.05, 0.1) is 0 Å². The number of nitrogens with two attached hydrogens (primary N) is 1. The molecule has 0 radical (unpaired) electrons. The Bertz CT molecular complexity index is 1700. The van der Waals surface area contributed by atoms with E-state index in [1.165, 1.54) is 12.0 Å². The normalized spacial score (nSPS) is 18.6. The van der Waals surface area contributed by atoms with Gasteiger partial charge in [-0.3, -0.25) is 0 Å². The molecule has 6 rings (SSSR count). The summed E-state index contributed by atoms with van der Waals surface area (Å²) in [5.74, 6) is -2.42. The van der Waals surface area contributed by atoms with Crippen LogP contribution in [0, 0.1) is 0 Å². The maximum absolute atomic E-state index is 13.6. The molecule has 2 atom stereocenters. The van der Waals surface area contributed by atoms with Gasteiger partial charge in [0.2, 0.25) is 0 Å². The van der Waals surface area contributed by atoms with Crippen LogP contribution in [0.5, 0.6) is 0 Å². The summed E-state index contributed by atoms with van der Waals surface area (Å²) in [6.45, 7) is 0. The maximum atomic E-state index is 13.6. The fourth-order valence-electron chi connectivity index (χ4n) is 6.42. The van der Waals surface area contributed by atoms with Crippen LogP contribution < -0.4 is 27.0 Å². The molecular formula is C32H31N6O5PS. The van der Waals surface area contributed by atoms with Crippen LogP contribution in [0.15, 0.2) is 107 Å². The van der Waals surface area contributed by atoms with E-state index in [-0.39, 0.29) is 22.4 Å². The fraction of sp³-hybridized carbons (Fsp3) is 0.188. The van der Waals surface area contributed by atoms with E-state index in [1.807, 2.05) is 54.6 Å². The van der Waals surface area contributed by atoms with Crippen molar-refractivity contribution in [1.82, 2.24) is 19.6 Å². The second-order valence-corrected chi connectivity index (χ2v) is 15.5. The van der Waals surface area contributed by atoms with Gasteiger partial charge >= 0.3 is 259 Å². The number of hydrogen-bond donors (Lipinski definition) is 3. The van der Waals surface area contributed by atoms with Crippen molar-refractivity contribution in [2.45, 2.75) is 24.9 Å². The standard InChI is InChI=1S/C32H31N6O5PS/c1-43-36-26(28-35-32(33)45-37-28)29(39)34-25-24-18-17-20(27(31(41)42)38(24)30(25)40)19-44(21-11-5-2-6-12-21,22-13-7-3-8-14-22)23-15-9-4-10-16-23/h2-16,24-25,44H,17-19H2,1H3,(H,34,39)(H,41,42)(H2,33,35,37)/b36-26+/t24-,25+/m1/s1. The van der Waals surface area contributed by atoms with Crippen LogP contribution in [0.25, 0.3) is 0 Å². The van der Waals surface area contributed by atoms with Crippen molar-refractivity contribution in [1.29, 1.82) is 0 Å². The first-order valence-electron chi connectivity index (χ1n) is 14.3. The van der Waals surface area contributed by atoms with Crippen LogP contribution in [-0.2, 0) is 19.2 Å². The molecule has 0 unspecified atom stereocenters. The number of amides is 2. The fourth-order valence-corrected chi connectivity index (χ4v) is 11.7. The predicted molar refractivity (Wildman–Crippen MR) is 176 cm³/mol. The predicted octanol–water partition coefficient (Wildman–Crippen LogP) is 2.03. The van der Waals surface area contributed by atoms with Crippen molar-refractivity contribution in [3.05, 3.63) is 108 Å². The van der Waals surface area contributed by atoms with Crippen LogP contribution in [0.2, 0.25) is 0 Å². The van der Waals surface area contributed by atoms with Gasteiger partial charge in [-0.05, 0) is 0 Å². The Hall–Kier alpha value is -4.93. The first kappa shape index (κ1) is 30.1. The summed E-state index contributed by atoms with van der Waals surface area (Å²) in [6, 6.07) is 29.2. The Morgan fingerprint density at radius 1 is 1.02 bits per heavy atom. The monoisotopic (exact) mass is 642 g/mol. The minimum atomic E-state index is -2.83. The molecule has 230 valence electrons. The zero-order chi connectivity index (χ0) is 31.6. The third kappa shape index (κ3) is 5.47. The van der Waals surface area contributed by atoms with Crippen LogP contribution >= 0.6 is 18.8 Å². The number of nitrogens with one attached hydrogen (secondary N) is 1. The molecule has 2 aliphatic heterocycles. The first-order valence-corrected chi connectivity index (χ1v) is 17.3. The van der Waals surface area contributed by atoms with Gasteiger partial charge in [0.15, 0.2) is 0 Å². The SMILES string of the molecule is CO/N=C(/C(=O)N[C@@H]1C(=O)N2C(C(=O)O)=C(C[PH](c3ccccc3)(c3ccccc3)c3ccccc3)CC[C@H]12)c1nsc(N)n1. The van der Waals surface area contributed by atoms with Crippen molar-refractivity contribution >= 4 is 63.3 Å². The number of carbonyl (C=O) groups is 3. The van der Waals surface area contributed by atoms with E-state index in [9.17, 15) is 19.5 Å². The second kappa shape index (κ2) is 12.6. The molecule has 0 bridgehead atoms. The topological polar surface area (TPSA) is 160 Å². The molecule has 11 nitrogen and oxygen atoms in total. The quantitative estimate of drug-likeness (QED) is 0.103. The number of carboxylic acids is 1. The van der Waals surface area contributed by atoms with Crippen molar-refractivity contribution in [3.63, 3.8) is 0 Å². The van der Waals surface area contributed by atoms with Crippen molar-refractivity contribution in [3.8, 4) is 0 Å². The summed E-state index contributed by atoms with van der Waals surface area (Å²) in [6.07, 6.45) is 1.40. The summed E-state index contributed by atoms with van der Waals surface area (Å²) in [5.41, 5.74) is 6.14. The number of rotatable bonds is 10. The molecule has 1 saturated heterocycles. The Morgan fingerprint density at radius 3 is 2.04 bits per heavy atom. The number of fused-ring (bicyclic) bond motifs is 1. The van der Waals surface area contributed by atoms with E-state index < -0.39 is 37.1 Å². The molecule has 2 aliphatic rings. The van der Waals surface area contributed by atoms with Crippen LogP contribution in [-0.4, -0.2) is 68.2 Å². The van der Waals surface area contributed by atoms with E-state index in [0.717, 1.165) is 27.4 Å². The number of β-lactam (4-membered cyclic amide) rings is 1. The number of oxime groups is 1. The number of hydrogen-bond acceptors (Lipinski definition) is 9. The molecule has 3 heterocycles. The van der Waals surface area contributed by atoms with Crippen molar-refractivity contribution < 1.29 is 24.3 Å². The molecule has 2 amide bonds. The van der Waals surface area contributed by atoms with Gasteiger partial charge in [-0.15, -0.1) is 0 Å². The first-order chi connectivity index (χ1) is 21.8. The number of allylic oxidation sites excluding steroid dienone is 1. The number of carbonyl (C=O) groups excluding carboxylic acids is 2. The third-order valence-corrected chi connectivity index (χ3v) is 13.8. The third-order valence-electron chi connectivity index (χ3n) is 8.36. The van der Waals surface area contributed by atoms with Gasteiger partial charge in [-0.1, -0.05) is 0 Å².